The van der Waals surface area contributed by atoms with Crippen molar-refractivity contribution in [3.63, 3.8) is 0 Å². The molecule has 0 bridgehead atoms. The van der Waals surface area contributed by atoms with Crippen molar-refractivity contribution in [1.29, 1.82) is 0 Å². The maximum atomic E-state index is 12.6. The number of benzene rings is 2. The van der Waals surface area contributed by atoms with Gasteiger partial charge in [-0.2, -0.15) is 0 Å². The standard InChI is InChI=1S/C24H26ClN3O5/c1-32-21-7-3-6-20(14-21)28-15-17(12-22(28)29)24(31)33-16-23(30)27-10-8-26(9-11-27)19-5-2-4-18(25)13-19/h2-7,13-14,17H,8-12,15-16H2,1H3. The van der Waals surface area contributed by atoms with Crippen molar-refractivity contribution in [1.82, 2.24) is 4.90 Å². The van der Waals surface area contributed by atoms with E-state index in [0.717, 1.165) is 5.69 Å². The molecule has 33 heavy (non-hydrogen) atoms. The van der Waals surface area contributed by atoms with Crippen LogP contribution in [0.5, 0.6) is 5.75 Å². The second-order valence-corrected chi connectivity index (χ2v) is 8.50. The lowest BCUT2D eigenvalue weighted by atomic mass is 10.1. The molecule has 2 saturated heterocycles. The van der Waals surface area contributed by atoms with Crippen molar-refractivity contribution >= 4 is 40.8 Å². The summed E-state index contributed by atoms with van der Waals surface area (Å²) in [5, 5.41) is 0.674. The Bertz CT molecular complexity index is 1040. The van der Waals surface area contributed by atoms with Gasteiger partial charge >= 0.3 is 5.97 Å². The molecular formula is C24H26ClN3O5. The second-order valence-electron chi connectivity index (χ2n) is 8.06. The molecule has 4 rings (SSSR count). The topological polar surface area (TPSA) is 79.4 Å². The van der Waals surface area contributed by atoms with Crippen LogP contribution >= 0.6 is 11.6 Å². The van der Waals surface area contributed by atoms with Crippen molar-refractivity contribution in [3.05, 3.63) is 53.6 Å². The summed E-state index contributed by atoms with van der Waals surface area (Å²) in [6.45, 7) is 2.32. The van der Waals surface area contributed by atoms with E-state index in [-0.39, 0.29) is 31.4 Å². The number of anilines is 2. The Morgan fingerprint density at radius 1 is 1.03 bits per heavy atom. The highest BCUT2D eigenvalue weighted by Crippen LogP contribution is 2.28. The monoisotopic (exact) mass is 471 g/mol. The minimum Gasteiger partial charge on any atom is -0.497 e. The molecule has 2 fully saturated rings. The lowest BCUT2D eigenvalue weighted by Gasteiger charge is -2.36. The number of halogens is 1. The molecule has 2 amide bonds. The third-order valence-electron chi connectivity index (χ3n) is 5.97. The largest absolute Gasteiger partial charge is 0.497 e. The van der Waals surface area contributed by atoms with Gasteiger partial charge in [0.15, 0.2) is 6.61 Å². The molecule has 9 heteroatoms. The first-order valence-corrected chi connectivity index (χ1v) is 11.2. The average molecular weight is 472 g/mol. The number of amides is 2. The Morgan fingerprint density at radius 2 is 1.76 bits per heavy atom. The van der Waals surface area contributed by atoms with Gasteiger partial charge < -0.3 is 24.2 Å². The molecule has 0 aliphatic carbocycles. The van der Waals surface area contributed by atoms with Gasteiger partial charge in [0.1, 0.15) is 5.75 Å². The maximum Gasteiger partial charge on any atom is 0.311 e. The van der Waals surface area contributed by atoms with Crippen molar-refractivity contribution < 1.29 is 23.9 Å². The number of methoxy groups -OCH3 is 1. The molecular weight excluding hydrogens is 446 g/mol. The first kappa shape index (κ1) is 22.9. The highest BCUT2D eigenvalue weighted by Gasteiger charge is 2.36. The average Bonchev–Trinajstić information content (AvgIpc) is 3.24. The fourth-order valence-electron chi connectivity index (χ4n) is 4.12. The lowest BCUT2D eigenvalue weighted by molar-refractivity contribution is -0.155. The minimum atomic E-state index is -0.601. The van der Waals surface area contributed by atoms with Crippen LogP contribution in [0.1, 0.15) is 6.42 Å². The number of esters is 1. The zero-order chi connectivity index (χ0) is 23.4. The van der Waals surface area contributed by atoms with Gasteiger partial charge in [0.25, 0.3) is 5.91 Å². The zero-order valence-corrected chi connectivity index (χ0v) is 19.2. The summed E-state index contributed by atoms with van der Waals surface area (Å²) in [6, 6.07) is 14.7. The van der Waals surface area contributed by atoms with Crippen molar-refractivity contribution in [2.45, 2.75) is 6.42 Å². The third kappa shape index (κ3) is 5.39. The molecule has 174 valence electrons. The molecule has 0 saturated carbocycles. The van der Waals surface area contributed by atoms with E-state index in [9.17, 15) is 14.4 Å². The van der Waals surface area contributed by atoms with Gasteiger partial charge in [0, 0.05) is 61.6 Å². The zero-order valence-electron chi connectivity index (χ0n) is 18.4. The number of rotatable bonds is 6. The van der Waals surface area contributed by atoms with E-state index in [1.54, 1.807) is 41.2 Å². The van der Waals surface area contributed by atoms with Crippen molar-refractivity contribution in [2.75, 3.05) is 56.2 Å². The fraction of sp³-hybridized carbons (Fsp3) is 0.375. The van der Waals surface area contributed by atoms with Crippen LogP contribution in [0.4, 0.5) is 11.4 Å². The van der Waals surface area contributed by atoms with Crippen LogP contribution in [0.15, 0.2) is 48.5 Å². The molecule has 2 aliphatic heterocycles. The number of hydrogen-bond acceptors (Lipinski definition) is 6. The van der Waals surface area contributed by atoms with E-state index in [1.165, 1.54) is 0 Å². The predicted octanol–water partition coefficient (Wildman–Crippen LogP) is 2.59. The molecule has 0 aromatic heterocycles. The molecule has 0 radical (unpaired) electrons. The quantitative estimate of drug-likeness (QED) is 0.602. The summed E-state index contributed by atoms with van der Waals surface area (Å²) < 4.78 is 10.5. The van der Waals surface area contributed by atoms with Crippen LogP contribution in [0.2, 0.25) is 5.02 Å². The second kappa shape index (κ2) is 10.1. The highest BCUT2D eigenvalue weighted by atomic mass is 35.5. The summed E-state index contributed by atoms with van der Waals surface area (Å²) in [4.78, 5) is 42.9. The van der Waals surface area contributed by atoms with Crippen LogP contribution in [-0.4, -0.2) is 69.1 Å². The van der Waals surface area contributed by atoms with Gasteiger partial charge in [0.2, 0.25) is 5.91 Å². The lowest BCUT2D eigenvalue weighted by Crippen LogP contribution is -2.50. The van der Waals surface area contributed by atoms with E-state index in [2.05, 4.69) is 4.90 Å². The van der Waals surface area contributed by atoms with Crippen LogP contribution in [0, 0.1) is 5.92 Å². The number of hydrogen-bond donors (Lipinski definition) is 0. The number of carbonyl (C=O) groups excluding carboxylic acids is 3. The van der Waals surface area contributed by atoms with E-state index < -0.39 is 11.9 Å². The molecule has 2 aromatic rings. The van der Waals surface area contributed by atoms with Crippen molar-refractivity contribution in [2.24, 2.45) is 5.92 Å². The molecule has 0 N–H and O–H groups in total. The first-order chi connectivity index (χ1) is 15.9. The smallest absolute Gasteiger partial charge is 0.311 e. The fourth-order valence-corrected chi connectivity index (χ4v) is 4.31. The molecule has 1 unspecified atom stereocenters. The van der Waals surface area contributed by atoms with Gasteiger partial charge in [0.05, 0.1) is 13.0 Å². The summed E-state index contributed by atoms with van der Waals surface area (Å²) in [6.07, 6.45) is 0.0581. The normalized spacial score (nSPS) is 18.4. The van der Waals surface area contributed by atoms with Gasteiger partial charge in [-0.3, -0.25) is 14.4 Å². The Morgan fingerprint density at radius 3 is 2.48 bits per heavy atom. The Hall–Kier alpha value is -3.26. The molecule has 2 aliphatic rings. The number of piperazine rings is 1. The summed E-state index contributed by atoms with van der Waals surface area (Å²) >= 11 is 6.07. The Labute approximate surface area is 197 Å². The van der Waals surface area contributed by atoms with Crippen LogP contribution < -0.4 is 14.5 Å². The van der Waals surface area contributed by atoms with Gasteiger partial charge in [-0.25, -0.2) is 0 Å². The van der Waals surface area contributed by atoms with Crippen LogP contribution in [0.25, 0.3) is 0 Å². The van der Waals surface area contributed by atoms with E-state index in [1.807, 2.05) is 24.3 Å². The SMILES string of the molecule is COc1cccc(N2CC(C(=O)OCC(=O)N3CCN(c4cccc(Cl)c4)CC3)CC2=O)c1. The summed E-state index contributed by atoms with van der Waals surface area (Å²) in [5.74, 6) is -0.889. The number of ether oxygens (including phenoxy) is 2. The third-order valence-corrected chi connectivity index (χ3v) is 6.20. The molecule has 2 heterocycles. The predicted molar refractivity (Wildman–Crippen MR) is 125 cm³/mol. The highest BCUT2D eigenvalue weighted by molar-refractivity contribution is 6.30. The first-order valence-electron chi connectivity index (χ1n) is 10.8. The number of carbonyl (C=O) groups is 3. The van der Waals surface area contributed by atoms with Crippen LogP contribution in [0.3, 0.4) is 0 Å². The van der Waals surface area contributed by atoms with E-state index in [4.69, 9.17) is 21.1 Å². The van der Waals surface area contributed by atoms with Gasteiger partial charge in [-0.05, 0) is 30.3 Å². The molecule has 1 atom stereocenters. The molecule has 0 spiro atoms. The van der Waals surface area contributed by atoms with Gasteiger partial charge in [-0.15, -0.1) is 0 Å². The van der Waals surface area contributed by atoms with Crippen LogP contribution in [-0.2, 0) is 19.1 Å². The van der Waals surface area contributed by atoms with E-state index >= 15 is 0 Å². The molecule has 2 aromatic carbocycles. The Balaban J connectivity index is 1.25. The van der Waals surface area contributed by atoms with Gasteiger partial charge in [-0.1, -0.05) is 23.7 Å². The molecule has 8 nitrogen and oxygen atoms in total. The Kier molecular flexibility index (Phi) is 7.03. The summed E-state index contributed by atoms with van der Waals surface area (Å²) in [7, 11) is 1.55. The summed E-state index contributed by atoms with van der Waals surface area (Å²) in [5.41, 5.74) is 1.69. The minimum absolute atomic E-state index is 0.0581. The maximum absolute atomic E-state index is 12.6. The number of nitrogens with zero attached hydrogens (tertiary/aromatic N) is 3. The van der Waals surface area contributed by atoms with Crippen molar-refractivity contribution in [3.8, 4) is 5.75 Å². The van der Waals surface area contributed by atoms with E-state index in [0.29, 0.717) is 42.6 Å².